The van der Waals surface area contributed by atoms with Crippen molar-refractivity contribution < 1.29 is 9.66 Å². The van der Waals surface area contributed by atoms with Crippen LogP contribution in [0.2, 0.25) is 5.02 Å². The van der Waals surface area contributed by atoms with Gasteiger partial charge >= 0.3 is 0 Å². The van der Waals surface area contributed by atoms with Gasteiger partial charge in [-0.25, -0.2) is 0 Å². The molecular formula is C20H16ClNO3. The van der Waals surface area contributed by atoms with Gasteiger partial charge in [-0.3, -0.25) is 10.1 Å². The lowest BCUT2D eigenvalue weighted by atomic mass is 10.0. The number of nitro groups is 1. The number of nitrogens with zero attached hydrogens (tertiary/aromatic N) is 1. The molecule has 0 bridgehead atoms. The van der Waals surface area contributed by atoms with Gasteiger partial charge in [0.15, 0.2) is 0 Å². The number of hydrogen-bond acceptors (Lipinski definition) is 3. The van der Waals surface area contributed by atoms with Gasteiger partial charge in [0, 0.05) is 29.1 Å². The van der Waals surface area contributed by atoms with Crippen LogP contribution in [0.1, 0.15) is 5.56 Å². The van der Waals surface area contributed by atoms with E-state index in [0.717, 1.165) is 28.1 Å². The smallest absolute Gasteiger partial charge is 0.269 e. The molecule has 0 atom stereocenters. The lowest BCUT2D eigenvalue weighted by Crippen LogP contribution is -2.01. The summed E-state index contributed by atoms with van der Waals surface area (Å²) >= 11 is 6.22. The van der Waals surface area contributed by atoms with Crippen LogP contribution in [-0.2, 0) is 6.42 Å². The zero-order valence-corrected chi connectivity index (χ0v) is 14.1. The fraction of sp³-hybridized carbons (Fsp3) is 0.100. The number of rotatable bonds is 6. The van der Waals surface area contributed by atoms with E-state index in [0.29, 0.717) is 12.4 Å². The summed E-state index contributed by atoms with van der Waals surface area (Å²) in [6, 6.07) is 22.0. The van der Waals surface area contributed by atoms with Crippen LogP contribution in [0.3, 0.4) is 0 Å². The second kappa shape index (κ2) is 7.81. The van der Waals surface area contributed by atoms with Crippen LogP contribution < -0.4 is 4.74 Å². The van der Waals surface area contributed by atoms with Crippen LogP contribution in [0, 0.1) is 10.1 Å². The summed E-state index contributed by atoms with van der Waals surface area (Å²) in [6.07, 6.45) is 0.750. The normalized spacial score (nSPS) is 10.4. The third-order valence-corrected chi connectivity index (χ3v) is 4.18. The van der Waals surface area contributed by atoms with Crippen molar-refractivity contribution in [1.82, 2.24) is 0 Å². The van der Waals surface area contributed by atoms with Crippen molar-refractivity contribution in [3.63, 3.8) is 0 Å². The predicted octanol–water partition coefficient (Wildman–Crippen LogP) is 5.54. The van der Waals surface area contributed by atoms with E-state index < -0.39 is 4.92 Å². The van der Waals surface area contributed by atoms with E-state index in [1.54, 1.807) is 12.1 Å². The maximum atomic E-state index is 10.6. The zero-order chi connectivity index (χ0) is 17.6. The number of hydrogen-bond donors (Lipinski definition) is 0. The van der Waals surface area contributed by atoms with E-state index in [-0.39, 0.29) is 5.69 Å². The maximum Gasteiger partial charge on any atom is 0.269 e. The van der Waals surface area contributed by atoms with Gasteiger partial charge in [-0.1, -0.05) is 54.1 Å². The zero-order valence-electron chi connectivity index (χ0n) is 13.4. The fourth-order valence-corrected chi connectivity index (χ4v) is 2.74. The van der Waals surface area contributed by atoms with Crippen LogP contribution in [0.5, 0.6) is 5.75 Å². The molecule has 0 saturated heterocycles. The number of nitro benzene ring substituents is 1. The number of ether oxygens (including phenoxy) is 1. The minimum atomic E-state index is -0.426. The Bertz CT molecular complexity index is 861. The van der Waals surface area contributed by atoms with Crippen LogP contribution in [-0.4, -0.2) is 11.5 Å². The lowest BCUT2D eigenvalue weighted by Gasteiger charge is -2.08. The average molecular weight is 354 g/mol. The maximum absolute atomic E-state index is 10.6. The third kappa shape index (κ3) is 4.37. The Morgan fingerprint density at radius 3 is 2.24 bits per heavy atom. The van der Waals surface area contributed by atoms with Crippen molar-refractivity contribution in [2.24, 2.45) is 0 Å². The highest BCUT2D eigenvalue weighted by molar-refractivity contribution is 6.33. The van der Waals surface area contributed by atoms with Crippen molar-refractivity contribution in [2.45, 2.75) is 6.42 Å². The van der Waals surface area contributed by atoms with E-state index in [2.05, 4.69) is 12.1 Å². The molecule has 0 N–H and O–H groups in total. The topological polar surface area (TPSA) is 52.4 Å². The molecule has 0 aliphatic rings. The van der Waals surface area contributed by atoms with Gasteiger partial charge in [0.1, 0.15) is 5.75 Å². The van der Waals surface area contributed by atoms with E-state index in [1.165, 1.54) is 12.1 Å². The molecule has 0 aliphatic heterocycles. The summed E-state index contributed by atoms with van der Waals surface area (Å²) in [5.74, 6) is 0.623. The SMILES string of the molecule is O=[N+]([O-])c1ccc(OCCc2ccc(-c3ccccc3Cl)cc2)cc1. The number of non-ortho nitro benzene ring substituents is 1. The minimum absolute atomic E-state index is 0.0579. The molecule has 4 nitrogen and oxygen atoms in total. The quantitative estimate of drug-likeness (QED) is 0.432. The molecule has 0 unspecified atom stereocenters. The molecule has 3 aromatic rings. The molecule has 3 rings (SSSR count). The Labute approximate surface area is 150 Å². The monoisotopic (exact) mass is 353 g/mol. The van der Waals surface area contributed by atoms with Gasteiger partial charge in [-0.2, -0.15) is 0 Å². The number of benzene rings is 3. The van der Waals surface area contributed by atoms with Crippen LogP contribution in [0.25, 0.3) is 11.1 Å². The Morgan fingerprint density at radius 2 is 1.60 bits per heavy atom. The molecule has 0 spiro atoms. The molecule has 25 heavy (non-hydrogen) atoms. The predicted molar refractivity (Wildman–Crippen MR) is 99.2 cm³/mol. The van der Waals surface area contributed by atoms with Gasteiger partial charge in [0.2, 0.25) is 0 Å². The number of halogens is 1. The molecule has 0 heterocycles. The summed E-state index contributed by atoms with van der Waals surface area (Å²) in [5, 5.41) is 11.4. The largest absolute Gasteiger partial charge is 0.493 e. The second-order valence-corrected chi connectivity index (χ2v) is 5.93. The second-order valence-electron chi connectivity index (χ2n) is 5.53. The lowest BCUT2D eigenvalue weighted by molar-refractivity contribution is -0.384. The summed E-state index contributed by atoms with van der Waals surface area (Å²) in [4.78, 5) is 10.2. The Morgan fingerprint density at radius 1 is 0.920 bits per heavy atom. The molecule has 126 valence electrons. The van der Waals surface area contributed by atoms with Crippen LogP contribution in [0.15, 0.2) is 72.8 Å². The highest BCUT2D eigenvalue weighted by Gasteiger charge is 2.05. The first-order valence-electron chi connectivity index (χ1n) is 7.84. The van der Waals surface area contributed by atoms with Crippen molar-refractivity contribution in [1.29, 1.82) is 0 Å². The molecule has 0 aliphatic carbocycles. The van der Waals surface area contributed by atoms with Gasteiger partial charge in [0.25, 0.3) is 5.69 Å². The summed E-state index contributed by atoms with van der Waals surface area (Å²) in [6.45, 7) is 0.503. The van der Waals surface area contributed by atoms with Crippen molar-refractivity contribution >= 4 is 17.3 Å². The van der Waals surface area contributed by atoms with Crippen molar-refractivity contribution in [3.8, 4) is 16.9 Å². The van der Waals surface area contributed by atoms with E-state index >= 15 is 0 Å². The average Bonchev–Trinajstić information content (AvgIpc) is 2.63. The fourth-order valence-electron chi connectivity index (χ4n) is 2.50. The first-order chi connectivity index (χ1) is 12.1. The van der Waals surface area contributed by atoms with Gasteiger partial charge < -0.3 is 4.74 Å². The first kappa shape index (κ1) is 17.0. The summed E-state index contributed by atoms with van der Waals surface area (Å²) < 4.78 is 5.63. The van der Waals surface area contributed by atoms with E-state index in [1.807, 2.05) is 36.4 Å². The minimum Gasteiger partial charge on any atom is -0.493 e. The summed E-state index contributed by atoms with van der Waals surface area (Å²) in [5.41, 5.74) is 3.30. The molecule has 5 heteroatoms. The van der Waals surface area contributed by atoms with Crippen LogP contribution >= 0.6 is 11.6 Å². The third-order valence-electron chi connectivity index (χ3n) is 3.85. The Kier molecular flexibility index (Phi) is 5.31. The van der Waals surface area contributed by atoms with Gasteiger partial charge in [0.05, 0.1) is 11.5 Å². The first-order valence-corrected chi connectivity index (χ1v) is 8.22. The highest BCUT2D eigenvalue weighted by atomic mass is 35.5. The molecule has 0 amide bonds. The molecule has 0 saturated carbocycles. The highest BCUT2D eigenvalue weighted by Crippen LogP contribution is 2.27. The van der Waals surface area contributed by atoms with Crippen molar-refractivity contribution in [3.05, 3.63) is 93.5 Å². The molecule has 0 radical (unpaired) electrons. The Balaban J connectivity index is 1.57. The standard InChI is InChI=1S/C20H16ClNO3/c21-20-4-2-1-3-19(20)16-7-5-15(6-8-16)13-14-25-18-11-9-17(10-12-18)22(23)24/h1-12H,13-14H2. The van der Waals surface area contributed by atoms with E-state index in [4.69, 9.17) is 16.3 Å². The summed E-state index contributed by atoms with van der Waals surface area (Å²) in [7, 11) is 0. The van der Waals surface area contributed by atoms with Crippen molar-refractivity contribution in [2.75, 3.05) is 6.61 Å². The molecule has 0 aromatic heterocycles. The Hall–Kier alpha value is -2.85. The molecular weight excluding hydrogens is 338 g/mol. The van der Waals surface area contributed by atoms with Gasteiger partial charge in [-0.05, 0) is 29.3 Å². The van der Waals surface area contributed by atoms with E-state index in [9.17, 15) is 10.1 Å². The molecule has 0 fully saturated rings. The van der Waals surface area contributed by atoms with Gasteiger partial charge in [-0.15, -0.1) is 0 Å². The van der Waals surface area contributed by atoms with Crippen LogP contribution in [0.4, 0.5) is 5.69 Å². The molecule has 3 aromatic carbocycles.